The summed E-state index contributed by atoms with van der Waals surface area (Å²) in [7, 11) is 0. The van der Waals surface area contributed by atoms with Crippen LogP contribution in [0.25, 0.3) is 0 Å². The van der Waals surface area contributed by atoms with Crippen molar-refractivity contribution in [2.75, 3.05) is 6.54 Å². The molecule has 0 aromatic heterocycles. The molecule has 2 unspecified atom stereocenters. The summed E-state index contributed by atoms with van der Waals surface area (Å²) in [6.07, 6.45) is -0.440. The molecule has 1 aliphatic rings. The van der Waals surface area contributed by atoms with Crippen molar-refractivity contribution in [1.29, 1.82) is 0 Å². The van der Waals surface area contributed by atoms with E-state index in [-0.39, 0.29) is 0 Å². The molecule has 4 heteroatoms. The molecule has 0 saturated carbocycles. The number of fused-ring (bicyclic) bond motifs is 1. The van der Waals surface area contributed by atoms with E-state index in [0.29, 0.717) is 5.56 Å². The van der Waals surface area contributed by atoms with Gasteiger partial charge in [-0.2, -0.15) is 0 Å². The fourth-order valence-corrected chi connectivity index (χ4v) is 2.63. The van der Waals surface area contributed by atoms with Gasteiger partial charge in [-0.3, -0.25) is 5.32 Å². The number of aliphatic carboxylic acids is 1. The highest BCUT2D eigenvalue weighted by atomic mass is 16.5. The van der Waals surface area contributed by atoms with Crippen molar-refractivity contribution in [3.63, 3.8) is 0 Å². The zero-order chi connectivity index (χ0) is 14.7. The van der Waals surface area contributed by atoms with Crippen molar-refractivity contribution >= 4 is 5.97 Å². The van der Waals surface area contributed by atoms with Gasteiger partial charge in [-0.1, -0.05) is 54.6 Å². The first-order valence-electron chi connectivity index (χ1n) is 7.00. The Labute approximate surface area is 123 Å². The molecule has 0 spiro atoms. The smallest absolute Gasteiger partial charge is 0.337 e. The minimum absolute atomic E-state index is 0.392. The number of nitrogens with one attached hydrogen (secondary N) is 1. The number of carboxylic acid groups (broad SMARTS) is 1. The first-order valence-corrected chi connectivity index (χ1v) is 7.00. The van der Waals surface area contributed by atoms with Gasteiger partial charge in [0.1, 0.15) is 6.23 Å². The summed E-state index contributed by atoms with van der Waals surface area (Å²) in [5.74, 6) is -0.981. The summed E-state index contributed by atoms with van der Waals surface area (Å²) in [4.78, 5) is 11.5. The summed E-state index contributed by atoms with van der Waals surface area (Å²) >= 11 is 0. The van der Waals surface area contributed by atoms with Crippen LogP contribution in [0.5, 0.6) is 0 Å². The number of ether oxygens (including phenoxy) is 1. The average Bonchev–Trinajstić information content (AvgIpc) is 2.53. The van der Waals surface area contributed by atoms with Gasteiger partial charge < -0.3 is 9.84 Å². The second kappa shape index (κ2) is 6.08. The minimum Gasteiger partial charge on any atom is -0.479 e. The van der Waals surface area contributed by atoms with E-state index in [0.717, 1.165) is 18.5 Å². The molecule has 108 valence electrons. The molecule has 3 rings (SSSR count). The third-order valence-electron chi connectivity index (χ3n) is 3.66. The van der Waals surface area contributed by atoms with Crippen molar-refractivity contribution in [3.8, 4) is 0 Å². The van der Waals surface area contributed by atoms with Crippen molar-refractivity contribution in [2.45, 2.75) is 18.8 Å². The standard InChI is InChI=1S/C17H17NO3/c19-17(20)15(13-7-2-1-3-8-13)21-16-14-9-5-4-6-12(14)10-11-18-16/h1-9,15-16,18H,10-11H2,(H,19,20). The highest BCUT2D eigenvalue weighted by Crippen LogP contribution is 2.29. The zero-order valence-corrected chi connectivity index (χ0v) is 11.5. The molecule has 2 atom stereocenters. The number of carboxylic acids is 1. The van der Waals surface area contributed by atoms with E-state index in [9.17, 15) is 9.90 Å². The topological polar surface area (TPSA) is 58.6 Å². The van der Waals surface area contributed by atoms with Crippen LogP contribution in [0.1, 0.15) is 29.0 Å². The lowest BCUT2D eigenvalue weighted by Gasteiger charge is -2.29. The third-order valence-corrected chi connectivity index (χ3v) is 3.66. The molecule has 0 aliphatic carbocycles. The van der Waals surface area contributed by atoms with E-state index < -0.39 is 18.3 Å². The molecule has 0 saturated heterocycles. The first-order chi connectivity index (χ1) is 10.3. The summed E-state index contributed by atoms with van der Waals surface area (Å²) in [5.41, 5.74) is 2.87. The zero-order valence-electron chi connectivity index (χ0n) is 11.5. The van der Waals surface area contributed by atoms with Gasteiger partial charge in [-0.25, -0.2) is 4.79 Å². The fraction of sp³-hybridized carbons (Fsp3) is 0.235. The summed E-state index contributed by atoms with van der Waals surface area (Å²) in [6, 6.07) is 17.0. The molecule has 1 heterocycles. The van der Waals surface area contributed by atoms with Gasteiger partial charge in [0.05, 0.1) is 0 Å². The van der Waals surface area contributed by atoms with Crippen LogP contribution < -0.4 is 5.32 Å². The molecule has 2 aromatic carbocycles. The van der Waals surface area contributed by atoms with Crippen LogP contribution in [0.3, 0.4) is 0 Å². The lowest BCUT2D eigenvalue weighted by molar-refractivity contribution is -0.157. The van der Waals surface area contributed by atoms with Gasteiger partial charge in [-0.15, -0.1) is 0 Å². The molecule has 0 bridgehead atoms. The molecule has 4 nitrogen and oxygen atoms in total. The molecule has 0 amide bonds. The molecule has 21 heavy (non-hydrogen) atoms. The van der Waals surface area contributed by atoms with Gasteiger partial charge in [0, 0.05) is 6.54 Å². The van der Waals surface area contributed by atoms with E-state index >= 15 is 0 Å². The third kappa shape index (κ3) is 2.96. The van der Waals surface area contributed by atoms with E-state index in [4.69, 9.17) is 4.74 Å². The number of hydrogen-bond donors (Lipinski definition) is 2. The van der Waals surface area contributed by atoms with Gasteiger partial charge in [0.15, 0.2) is 6.10 Å². The Balaban J connectivity index is 1.86. The Morgan fingerprint density at radius 1 is 1.14 bits per heavy atom. The molecular weight excluding hydrogens is 266 g/mol. The van der Waals surface area contributed by atoms with Gasteiger partial charge in [0.25, 0.3) is 0 Å². The van der Waals surface area contributed by atoms with Gasteiger partial charge in [0.2, 0.25) is 0 Å². The molecular formula is C17H17NO3. The van der Waals surface area contributed by atoms with Gasteiger partial charge in [-0.05, 0) is 23.1 Å². The first kappa shape index (κ1) is 13.8. The van der Waals surface area contributed by atoms with E-state index in [1.165, 1.54) is 5.56 Å². The van der Waals surface area contributed by atoms with Crippen LogP contribution in [0.4, 0.5) is 0 Å². The van der Waals surface area contributed by atoms with Crippen molar-refractivity contribution in [1.82, 2.24) is 5.32 Å². The van der Waals surface area contributed by atoms with Crippen LogP contribution in [-0.4, -0.2) is 17.6 Å². The Bertz CT molecular complexity index is 627. The maximum Gasteiger partial charge on any atom is 0.337 e. The predicted molar refractivity (Wildman–Crippen MR) is 78.8 cm³/mol. The van der Waals surface area contributed by atoms with Crippen molar-refractivity contribution in [3.05, 3.63) is 71.3 Å². The number of carbonyl (C=O) groups is 1. The minimum atomic E-state index is -0.981. The number of rotatable bonds is 4. The monoisotopic (exact) mass is 283 g/mol. The Morgan fingerprint density at radius 2 is 1.86 bits per heavy atom. The Hall–Kier alpha value is -2.17. The maximum atomic E-state index is 11.5. The largest absolute Gasteiger partial charge is 0.479 e. The summed E-state index contributed by atoms with van der Waals surface area (Å²) in [6.45, 7) is 0.781. The predicted octanol–water partition coefficient (Wildman–Crippen LogP) is 2.67. The molecule has 2 aromatic rings. The lowest BCUT2D eigenvalue weighted by Crippen LogP contribution is -2.34. The van der Waals surface area contributed by atoms with Gasteiger partial charge >= 0.3 is 5.97 Å². The van der Waals surface area contributed by atoms with Crippen LogP contribution in [-0.2, 0) is 16.0 Å². The highest BCUT2D eigenvalue weighted by Gasteiger charge is 2.28. The number of hydrogen-bond acceptors (Lipinski definition) is 3. The Kier molecular flexibility index (Phi) is 3.99. The van der Waals surface area contributed by atoms with E-state index in [1.54, 1.807) is 12.1 Å². The molecule has 1 aliphatic heterocycles. The van der Waals surface area contributed by atoms with Crippen LogP contribution >= 0.6 is 0 Å². The van der Waals surface area contributed by atoms with Crippen LogP contribution in [0.2, 0.25) is 0 Å². The van der Waals surface area contributed by atoms with Crippen molar-refractivity contribution < 1.29 is 14.6 Å². The molecule has 2 N–H and O–H groups in total. The van der Waals surface area contributed by atoms with E-state index in [2.05, 4.69) is 11.4 Å². The second-order valence-electron chi connectivity index (χ2n) is 5.05. The Morgan fingerprint density at radius 3 is 2.62 bits per heavy atom. The van der Waals surface area contributed by atoms with Crippen LogP contribution in [0.15, 0.2) is 54.6 Å². The quantitative estimate of drug-likeness (QED) is 0.905. The maximum absolute atomic E-state index is 11.5. The number of benzene rings is 2. The van der Waals surface area contributed by atoms with Crippen molar-refractivity contribution in [2.24, 2.45) is 0 Å². The summed E-state index contributed by atoms with van der Waals surface area (Å²) in [5, 5.41) is 12.7. The SMILES string of the molecule is O=C(O)C(OC1NCCc2ccccc21)c1ccccc1. The lowest BCUT2D eigenvalue weighted by atomic mass is 9.99. The highest BCUT2D eigenvalue weighted by molar-refractivity contribution is 5.74. The normalized spacial score (nSPS) is 18.8. The molecule has 0 fully saturated rings. The van der Waals surface area contributed by atoms with Crippen LogP contribution in [0, 0.1) is 0 Å². The average molecular weight is 283 g/mol. The molecule has 0 radical (unpaired) electrons. The fourth-order valence-electron chi connectivity index (χ4n) is 2.63. The summed E-state index contributed by atoms with van der Waals surface area (Å²) < 4.78 is 5.85. The van der Waals surface area contributed by atoms with E-state index in [1.807, 2.05) is 36.4 Å². The second-order valence-corrected chi connectivity index (χ2v) is 5.05.